The summed E-state index contributed by atoms with van der Waals surface area (Å²) in [5.74, 6) is 1.95. The van der Waals surface area contributed by atoms with Gasteiger partial charge in [0, 0.05) is 32.2 Å². The van der Waals surface area contributed by atoms with Gasteiger partial charge in [-0.1, -0.05) is 150 Å². The fraction of sp³-hybridized carbons (Fsp3) is 0.938. The highest BCUT2D eigenvalue weighted by atomic mass is 16.5. The van der Waals surface area contributed by atoms with E-state index in [4.69, 9.17) is 15.2 Å². The van der Waals surface area contributed by atoms with Gasteiger partial charge in [-0.05, 0) is 95.7 Å². The van der Waals surface area contributed by atoms with Crippen LogP contribution in [0.4, 0.5) is 0 Å². The smallest absolute Gasteiger partial charge is 0.305 e. The Morgan fingerprint density at radius 1 is 0.491 bits per heavy atom. The van der Waals surface area contributed by atoms with Crippen molar-refractivity contribution in [2.45, 2.75) is 233 Å². The molecule has 0 aliphatic carbocycles. The molecule has 0 bridgehead atoms. The molecule has 7 nitrogen and oxygen atoms in total. The van der Waals surface area contributed by atoms with Gasteiger partial charge in [-0.2, -0.15) is 0 Å². The third-order valence-electron chi connectivity index (χ3n) is 11.6. The number of hydrogen-bond donors (Lipinski definition) is 1. The Hall–Kier alpha value is -1.47. The minimum Gasteiger partial charge on any atom is -0.465 e. The van der Waals surface area contributed by atoms with Gasteiger partial charge in [0.1, 0.15) is 5.78 Å². The number of carbonyl (C=O) groups excluding carboxylic acids is 3. The van der Waals surface area contributed by atoms with Gasteiger partial charge < -0.3 is 20.1 Å². The van der Waals surface area contributed by atoms with Crippen molar-refractivity contribution in [1.29, 1.82) is 0 Å². The maximum atomic E-state index is 12.6. The van der Waals surface area contributed by atoms with Crippen molar-refractivity contribution >= 4 is 17.7 Å². The van der Waals surface area contributed by atoms with E-state index in [0.717, 1.165) is 122 Å². The van der Waals surface area contributed by atoms with E-state index in [1.54, 1.807) is 0 Å². The zero-order valence-corrected chi connectivity index (χ0v) is 37.5. The van der Waals surface area contributed by atoms with Crippen LogP contribution in [-0.4, -0.2) is 62.5 Å². The molecule has 0 amide bonds. The summed E-state index contributed by atoms with van der Waals surface area (Å²) in [5, 5.41) is 0. The summed E-state index contributed by atoms with van der Waals surface area (Å²) in [4.78, 5) is 39.6. The summed E-state index contributed by atoms with van der Waals surface area (Å²) >= 11 is 0. The van der Waals surface area contributed by atoms with Crippen LogP contribution in [0.2, 0.25) is 0 Å². The Kier molecular flexibility index (Phi) is 39.6. The highest BCUT2D eigenvalue weighted by molar-refractivity contribution is 5.78. The first-order valence-corrected chi connectivity index (χ1v) is 24.0. The van der Waals surface area contributed by atoms with Crippen LogP contribution in [0.3, 0.4) is 0 Å². The van der Waals surface area contributed by atoms with Gasteiger partial charge >= 0.3 is 11.9 Å². The standard InChI is InChI=1S/C48H94N2O5/c1-6-10-13-23-31-44(30-12-8-3)41-54-47(52)35-27-21-17-15-19-25-33-46(51)34-26-20-16-18-22-28-36-48(53)55-42-45(32-24-14-11-7-2)39-43(9-4)40-50(5)38-29-37-49/h43-45H,6-42,49H2,1-5H3. The summed E-state index contributed by atoms with van der Waals surface area (Å²) < 4.78 is 11.5. The van der Waals surface area contributed by atoms with Crippen LogP contribution in [0, 0.1) is 17.8 Å². The summed E-state index contributed by atoms with van der Waals surface area (Å²) in [6, 6.07) is 0. The van der Waals surface area contributed by atoms with Crippen LogP contribution in [0.25, 0.3) is 0 Å². The van der Waals surface area contributed by atoms with E-state index >= 15 is 0 Å². The van der Waals surface area contributed by atoms with Gasteiger partial charge in [-0.25, -0.2) is 0 Å². The second kappa shape index (κ2) is 40.7. The average molecular weight is 779 g/mol. The lowest BCUT2D eigenvalue weighted by Crippen LogP contribution is -2.29. The molecule has 3 atom stereocenters. The minimum absolute atomic E-state index is 0.0253. The Morgan fingerprint density at radius 2 is 0.909 bits per heavy atom. The molecule has 0 radical (unpaired) electrons. The van der Waals surface area contributed by atoms with Crippen molar-refractivity contribution in [3.63, 3.8) is 0 Å². The van der Waals surface area contributed by atoms with Crippen molar-refractivity contribution in [2.75, 3.05) is 39.9 Å². The fourth-order valence-corrected chi connectivity index (χ4v) is 7.82. The van der Waals surface area contributed by atoms with Crippen molar-refractivity contribution in [1.82, 2.24) is 4.90 Å². The summed E-state index contributed by atoms with van der Waals surface area (Å²) in [6.45, 7) is 13.1. The molecule has 0 aromatic carbocycles. The predicted molar refractivity (Wildman–Crippen MR) is 234 cm³/mol. The van der Waals surface area contributed by atoms with E-state index in [9.17, 15) is 14.4 Å². The first kappa shape index (κ1) is 53.5. The maximum absolute atomic E-state index is 12.6. The fourth-order valence-electron chi connectivity index (χ4n) is 7.82. The van der Waals surface area contributed by atoms with E-state index in [2.05, 4.69) is 39.6 Å². The molecule has 326 valence electrons. The molecule has 0 saturated heterocycles. The molecule has 7 heteroatoms. The quantitative estimate of drug-likeness (QED) is 0.0486. The van der Waals surface area contributed by atoms with E-state index in [-0.39, 0.29) is 11.9 Å². The number of nitrogens with zero attached hydrogens (tertiary/aromatic N) is 1. The molecule has 0 aromatic heterocycles. The van der Waals surface area contributed by atoms with Crippen LogP contribution in [-0.2, 0) is 23.9 Å². The first-order chi connectivity index (χ1) is 26.8. The lowest BCUT2D eigenvalue weighted by atomic mass is 9.89. The molecule has 0 spiro atoms. The summed E-state index contributed by atoms with van der Waals surface area (Å²) in [7, 11) is 2.20. The van der Waals surface area contributed by atoms with Gasteiger partial charge in [-0.15, -0.1) is 0 Å². The zero-order chi connectivity index (χ0) is 40.6. The van der Waals surface area contributed by atoms with E-state index in [0.29, 0.717) is 62.4 Å². The topological polar surface area (TPSA) is 98.9 Å². The van der Waals surface area contributed by atoms with Crippen LogP contribution >= 0.6 is 0 Å². The third-order valence-corrected chi connectivity index (χ3v) is 11.6. The first-order valence-electron chi connectivity index (χ1n) is 24.0. The molecular weight excluding hydrogens is 685 g/mol. The van der Waals surface area contributed by atoms with Crippen LogP contribution in [0.15, 0.2) is 0 Å². The molecule has 0 saturated carbocycles. The molecule has 0 heterocycles. The lowest BCUT2D eigenvalue weighted by Gasteiger charge is -2.27. The van der Waals surface area contributed by atoms with Gasteiger partial charge in [0.25, 0.3) is 0 Å². The normalized spacial score (nSPS) is 13.2. The maximum Gasteiger partial charge on any atom is 0.305 e. The second-order valence-corrected chi connectivity index (χ2v) is 17.1. The van der Waals surface area contributed by atoms with E-state index in [1.165, 1.54) is 77.0 Å². The number of nitrogens with two attached hydrogens (primary N) is 1. The third kappa shape index (κ3) is 36.6. The van der Waals surface area contributed by atoms with Gasteiger partial charge in [-0.3, -0.25) is 14.4 Å². The molecule has 55 heavy (non-hydrogen) atoms. The van der Waals surface area contributed by atoms with Crippen LogP contribution in [0.5, 0.6) is 0 Å². The van der Waals surface area contributed by atoms with Crippen molar-refractivity contribution in [3.8, 4) is 0 Å². The average Bonchev–Trinajstić information content (AvgIpc) is 3.18. The van der Waals surface area contributed by atoms with Gasteiger partial charge in [0.05, 0.1) is 13.2 Å². The second-order valence-electron chi connectivity index (χ2n) is 17.1. The number of ketones is 1. The molecule has 3 unspecified atom stereocenters. The van der Waals surface area contributed by atoms with Crippen LogP contribution in [0.1, 0.15) is 233 Å². The van der Waals surface area contributed by atoms with E-state index in [1.807, 2.05) is 0 Å². The largest absolute Gasteiger partial charge is 0.465 e. The molecule has 0 rings (SSSR count). The molecular formula is C48H94N2O5. The zero-order valence-electron chi connectivity index (χ0n) is 37.5. The van der Waals surface area contributed by atoms with Crippen LogP contribution < -0.4 is 5.73 Å². The molecule has 0 fully saturated rings. The number of hydrogen-bond acceptors (Lipinski definition) is 7. The highest BCUT2D eigenvalue weighted by Crippen LogP contribution is 2.24. The van der Waals surface area contributed by atoms with E-state index < -0.39 is 0 Å². The summed E-state index contributed by atoms with van der Waals surface area (Å²) in [6.07, 6.45) is 34.4. The number of carbonyl (C=O) groups is 3. The monoisotopic (exact) mass is 779 g/mol. The highest BCUT2D eigenvalue weighted by Gasteiger charge is 2.19. The molecule has 0 aromatic rings. The molecule has 0 aliphatic rings. The number of rotatable bonds is 43. The number of unbranched alkanes of at least 4 members (excludes halogenated alkanes) is 17. The predicted octanol–water partition coefficient (Wildman–Crippen LogP) is 12.9. The SMILES string of the molecule is CCCCCCC(CCCC)COC(=O)CCCCCCCCC(=O)CCCCCCCCC(=O)OCC(CCCCCC)CC(CC)CN(C)CCCN. The Morgan fingerprint density at radius 3 is 1.38 bits per heavy atom. The van der Waals surface area contributed by atoms with Crippen molar-refractivity contribution < 1.29 is 23.9 Å². The Labute approximate surface area is 342 Å². The Bertz CT molecular complexity index is 867. The van der Waals surface area contributed by atoms with Gasteiger partial charge in [0.15, 0.2) is 0 Å². The number of ether oxygens (including phenoxy) is 2. The Balaban J connectivity index is 3.93. The lowest BCUT2D eigenvalue weighted by molar-refractivity contribution is -0.146. The molecule has 0 aliphatic heterocycles. The number of esters is 2. The van der Waals surface area contributed by atoms with Crippen molar-refractivity contribution in [3.05, 3.63) is 0 Å². The van der Waals surface area contributed by atoms with Crippen molar-refractivity contribution in [2.24, 2.45) is 23.5 Å². The minimum atomic E-state index is -0.0353. The van der Waals surface area contributed by atoms with Gasteiger partial charge in [0.2, 0.25) is 0 Å². The number of Topliss-reactive ketones (excluding diaryl/α,β-unsaturated/α-hetero) is 1. The summed E-state index contributed by atoms with van der Waals surface area (Å²) in [5.41, 5.74) is 5.71. The molecule has 2 N–H and O–H groups in total.